The third-order valence-corrected chi connectivity index (χ3v) is 5.26. The van der Waals surface area contributed by atoms with Crippen molar-refractivity contribution in [2.75, 3.05) is 0 Å². The Bertz CT molecular complexity index is 322. The minimum atomic E-state index is -1.30. The summed E-state index contributed by atoms with van der Waals surface area (Å²) in [5, 5.41) is 9.08. The first-order chi connectivity index (χ1) is 9.47. The van der Waals surface area contributed by atoms with Crippen molar-refractivity contribution in [3.63, 3.8) is 0 Å². The fourth-order valence-electron chi connectivity index (χ4n) is 4.08. The Labute approximate surface area is 119 Å². The third kappa shape index (κ3) is 3.92. The van der Waals surface area contributed by atoms with Gasteiger partial charge in [-0.3, -0.25) is 4.79 Å². The molecule has 0 radical (unpaired) electrons. The number of hydrogen-bond donors (Lipinski definition) is 1. The number of aliphatic carboxylic acids is 1. The number of alkyl halides is 2. The molecule has 2 aliphatic rings. The molecule has 116 valence electrons. The van der Waals surface area contributed by atoms with E-state index in [-0.39, 0.29) is 17.8 Å². The lowest BCUT2D eigenvalue weighted by Crippen LogP contribution is -2.34. The lowest BCUT2D eigenvalue weighted by atomic mass is 9.75. The molecule has 0 heterocycles. The van der Waals surface area contributed by atoms with Crippen LogP contribution in [0.4, 0.5) is 8.78 Å². The average molecular weight is 288 g/mol. The zero-order valence-electron chi connectivity index (χ0n) is 12.2. The summed E-state index contributed by atoms with van der Waals surface area (Å²) in [6, 6.07) is 0. The van der Waals surface area contributed by atoms with Gasteiger partial charge in [-0.2, -0.15) is 0 Å². The molecule has 1 N–H and O–H groups in total. The monoisotopic (exact) mass is 288 g/mol. The minimum Gasteiger partial charge on any atom is -0.481 e. The highest BCUT2D eigenvalue weighted by Gasteiger charge is 2.37. The Morgan fingerprint density at radius 3 is 2.50 bits per heavy atom. The number of rotatable bonds is 3. The molecule has 2 saturated carbocycles. The molecule has 0 aromatic carbocycles. The first-order valence-corrected chi connectivity index (χ1v) is 7.98. The highest BCUT2D eigenvalue weighted by atomic mass is 19.2. The zero-order valence-corrected chi connectivity index (χ0v) is 12.2. The molecule has 0 saturated heterocycles. The van der Waals surface area contributed by atoms with Crippen LogP contribution in [0.2, 0.25) is 0 Å². The van der Waals surface area contributed by atoms with Crippen LogP contribution in [-0.2, 0) is 4.79 Å². The number of carboxylic acids is 1. The summed E-state index contributed by atoms with van der Waals surface area (Å²) < 4.78 is 27.1. The Kier molecular flexibility index (Phi) is 5.39. The molecule has 6 unspecified atom stereocenters. The fourth-order valence-corrected chi connectivity index (χ4v) is 4.08. The summed E-state index contributed by atoms with van der Waals surface area (Å²) in [5.74, 6) is -0.282. The van der Waals surface area contributed by atoms with Gasteiger partial charge < -0.3 is 5.11 Å². The van der Waals surface area contributed by atoms with Gasteiger partial charge in [0.2, 0.25) is 0 Å². The molecule has 0 bridgehead atoms. The summed E-state index contributed by atoms with van der Waals surface area (Å²) in [6.07, 6.45) is 3.92. The quantitative estimate of drug-likeness (QED) is 0.782. The second-order valence-corrected chi connectivity index (χ2v) is 6.92. The maximum Gasteiger partial charge on any atom is 0.306 e. The van der Waals surface area contributed by atoms with Crippen LogP contribution < -0.4 is 0 Å². The molecule has 0 aromatic heterocycles. The van der Waals surface area contributed by atoms with E-state index in [1.54, 1.807) is 6.92 Å². The fraction of sp³-hybridized carbons (Fsp3) is 0.938. The summed E-state index contributed by atoms with van der Waals surface area (Å²) in [5.41, 5.74) is 0. The molecule has 2 fully saturated rings. The molecular formula is C16H26F2O2. The van der Waals surface area contributed by atoms with Gasteiger partial charge in [-0.15, -0.1) is 0 Å². The molecule has 2 rings (SSSR count). The second kappa shape index (κ2) is 6.86. The van der Waals surface area contributed by atoms with Gasteiger partial charge >= 0.3 is 5.97 Å². The second-order valence-electron chi connectivity index (χ2n) is 6.92. The smallest absolute Gasteiger partial charge is 0.306 e. The van der Waals surface area contributed by atoms with Crippen LogP contribution in [-0.4, -0.2) is 23.4 Å². The van der Waals surface area contributed by atoms with E-state index in [0.29, 0.717) is 12.3 Å². The standard InChI is InChI=1S/C16H26F2O2/c1-10-7-12(9-14(17)15(10)18)8-11-3-2-4-13(6-5-11)16(19)20/h10-15H,2-9H2,1H3,(H,19,20). The predicted molar refractivity (Wildman–Crippen MR) is 74.0 cm³/mol. The van der Waals surface area contributed by atoms with Crippen molar-refractivity contribution in [3.8, 4) is 0 Å². The summed E-state index contributed by atoms with van der Waals surface area (Å²) in [4.78, 5) is 11.0. The molecule has 0 aliphatic heterocycles. The highest BCUT2D eigenvalue weighted by molar-refractivity contribution is 5.69. The van der Waals surface area contributed by atoms with E-state index in [4.69, 9.17) is 5.11 Å². The summed E-state index contributed by atoms with van der Waals surface area (Å²) in [7, 11) is 0. The summed E-state index contributed by atoms with van der Waals surface area (Å²) in [6.45, 7) is 1.80. The van der Waals surface area contributed by atoms with Crippen LogP contribution >= 0.6 is 0 Å². The molecule has 0 aromatic rings. The number of hydrogen-bond acceptors (Lipinski definition) is 1. The van der Waals surface area contributed by atoms with Crippen molar-refractivity contribution in [2.45, 2.75) is 70.6 Å². The Balaban J connectivity index is 1.83. The van der Waals surface area contributed by atoms with Crippen LogP contribution in [0.1, 0.15) is 58.3 Å². The number of carbonyl (C=O) groups is 1. The molecule has 20 heavy (non-hydrogen) atoms. The van der Waals surface area contributed by atoms with Gasteiger partial charge in [0.25, 0.3) is 0 Å². The van der Waals surface area contributed by atoms with Gasteiger partial charge in [0.15, 0.2) is 0 Å². The Hall–Kier alpha value is -0.670. The van der Waals surface area contributed by atoms with Gasteiger partial charge in [0, 0.05) is 0 Å². The molecule has 2 nitrogen and oxygen atoms in total. The third-order valence-electron chi connectivity index (χ3n) is 5.26. The average Bonchev–Trinajstić information content (AvgIpc) is 2.61. The van der Waals surface area contributed by atoms with Crippen LogP contribution in [0.3, 0.4) is 0 Å². The largest absolute Gasteiger partial charge is 0.481 e. The van der Waals surface area contributed by atoms with E-state index in [1.807, 2.05) is 0 Å². The maximum atomic E-state index is 13.6. The van der Waals surface area contributed by atoms with Crippen molar-refractivity contribution in [3.05, 3.63) is 0 Å². The van der Waals surface area contributed by atoms with E-state index in [9.17, 15) is 13.6 Å². The van der Waals surface area contributed by atoms with Gasteiger partial charge in [-0.1, -0.05) is 19.8 Å². The highest BCUT2D eigenvalue weighted by Crippen LogP contribution is 2.39. The minimum absolute atomic E-state index is 0.179. The number of carboxylic acid groups (broad SMARTS) is 1. The maximum absolute atomic E-state index is 13.6. The molecule has 6 atom stereocenters. The van der Waals surface area contributed by atoms with Gasteiger partial charge in [0.05, 0.1) is 5.92 Å². The van der Waals surface area contributed by atoms with E-state index < -0.39 is 18.3 Å². The van der Waals surface area contributed by atoms with E-state index in [0.717, 1.165) is 44.9 Å². The van der Waals surface area contributed by atoms with Gasteiger partial charge in [0.1, 0.15) is 12.3 Å². The van der Waals surface area contributed by atoms with Crippen molar-refractivity contribution in [2.24, 2.45) is 23.7 Å². The summed E-state index contributed by atoms with van der Waals surface area (Å²) >= 11 is 0. The van der Waals surface area contributed by atoms with Crippen molar-refractivity contribution < 1.29 is 18.7 Å². The Morgan fingerprint density at radius 2 is 1.85 bits per heavy atom. The normalized spacial score (nSPS) is 43.0. The molecule has 0 spiro atoms. The molecule has 2 aliphatic carbocycles. The van der Waals surface area contributed by atoms with Crippen LogP contribution in [0.15, 0.2) is 0 Å². The van der Waals surface area contributed by atoms with Gasteiger partial charge in [-0.05, 0) is 56.3 Å². The SMILES string of the molecule is CC1CC(CC2CCCC(C(=O)O)CC2)CC(F)C1F. The van der Waals surface area contributed by atoms with Crippen LogP contribution in [0, 0.1) is 23.7 Å². The van der Waals surface area contributed by atoms with Crippen molar-refractivity contribution in [1.29, 1.82) is 0 Å². The van der Waals surface area contributed by atoms with Crippen molar-refractivity contribution >= 4 is 5.97 Å². The van der Waals surface area contributed by atoms with E-state index in [2.05, 4.69) is 0 Å². The van der Waals surface area contributed by atoms with Crippen LogP contribution in [0.25, 0.3) is 0 Å². The zero-order chi connectivity index (χ0) is 14.7. The lowest BCUT2D eigenvalue weighted by Gasteiger charge is -2.34. The van der Waals surface area contributed by atoms with E-state index in [1.165, 1.54) is 0 Å². The topological polar surface area (TPSA) is 37.3 Å². The van der Waals surface area contributed by atoms with Crippen molar-refractivity contribution in [1.82, 2.24) is 0 Å². The van der Waals surface area contributed by atoms with Crippen LogP contribution in [0.5, 0.6) is 0 Å². The number of halogens is 2. The lowest BCUT2D eigenvalue weighted by molar-refractivity contribution is -0.142. The molecular weight excluding hydrogens is 262 g/mol. The molecule has 4 heteroatoms. The van der Waals surface area contributed by atoms with E-state index >= 15 is 0 Å². The molecule has 0 amide bonds. The van der Waals surface area contributed by atoms with Gasteiger partial charge in [-0.25, -0.2) is 8.78 Å². The Morgan fingerprint density at radius 1 is 1.10 bits per heavy atom. The predicted octanol–water partition coefficient (Wildman–Crippen LogP) is 4.38. The first-order valence-electron chi connectivity index (χ1n) is 7.98. The first kappa shape index (κ1) is 15.7.